The second kappa shape index (κ2) is 5.28. The van der Waals surface area contributed by atoms with Gasteiger partial charge in [-0.15, -0.1) is 24.8 Å². The largest absolute Gasteiger partial charge is 0.328 e. The minimum Gasteiger partial charge on any atom is -0.328 e. The fraction of sp³-hybridized carbons (Fsp3) is 1.00. The molecule has 0 spiro atoms. The lowest BCUT2D eigenvalue weighted by Crippen LogP contribution is -2.49. The molecule has 1 aliphatic carbocycles. The molecule has 0 aromatic heterocycles. The molecule has 76 valence electrons. The first-order valence-corrected chi connectivity index (χ1v) is 4.07. The quantitative estimate of drug-likeness (QED) is 0.646. The van der Waals surface area contributed by atoms with Gasteiger partial charge in [0.2, 0.25) is 0 Å². The van der Waals surface area contributed by atoms with Crippen LogP contribution in [0.1, 0.15) is 33.1 Å². The van der Waals surface area contributed by atoms with Crippen molar-refractivity contribution in [1.82, 2.24) is 0 Å². The van der Waals surface area contributed by atoms with Gasteiger partial charge in [0, 0.05) is 11.6 Å². The van der Waals surface area contributed by atoms with E-state index >= 15 is 0 Å². The second-order valence-corrected chi connectivity index (χ2v) is 3.94. The van der Waals surface area contributed by atoms with Crippen LogP contribution < -0.4 is 11.5 Å². The summed E-state index contributed by atoms with van der Waals surface area (Å²) in [4.78, 5) is 0. The molecule has 1 unspecified atom stereocenters. The molecule has 1 rings (SSSR count). The Hall–Kier alpha value is 0.500. The van der Waals surface area contributed by atoms with Crippen molar-refractivity contribution in [3.8, 4) is 0 Å². The maximum atomic E-state index is 6.03. The van der Waals surface area contributed by atoms with E-state index in [1.807, 2.05) is 0 Å². The zero-order chi connectivity index (χ0) is 7.78. The Bertz CT molecular complexity index is 128. The standard InChI is InChI=1S/C8H18N2.2ClH/c1-6-5-7(9)3-4-8(6,2)10;;/h6-7H,3-5,9-10H2,1-2H3;2*1H/t6-,7+,8?;;/m0../s1. The molecule has 0 bridgehead atoms. The molecule has 0 saturated heterocycles. The number of hydrogen-bond donors (Lipinski definition) is 2. The van der Waals surface area contributed by atoms with Crippen LogP contribution in [-0.2, 0) is 0 Å². The van der Waals surface area contributed by atoms with Crippen molar-refractivity contribution in [3.05, 3.63) is 0 Å². The maximum Gasteiger partial charge on any atom is 0.0152 e. The van der Waals surface area contributed by atoms with Crippen molar-refractivity contribution in [2.24, 2.45) is 17.4 Å². The van der Waals surface area contributed by atoms with Crippen LogP contribution in [-0.4, -0.2) is 11.6 Å². The summed E-state index contributed by atoms with van der Waals surface area (Å²) in [6, 6.07) is 0.395. The summed E-state index contributed by atoms with van der Waals surface area (Å²) in [7, 11) is 0. The van der Waals surface area contributed by atoms with Crippen LogP contribution in [0.5, 0.6) is 0 Å². The minimum atomic E-state index is 0. The second-order valence-electron chi connectivity index (χ2n) is 3.94. The van der Waals surface area contributed by atoms with Crippen molar-refractivity contribution in [2.45, 2.75) is 44.7 Å². The lowest BCUT2D eigenvalue weighted by Gasteiger charge is -2.38. The van der Waals surface area contributed by atoms with Crippen LogP contribution in [0, 0.1) is 5.92 Å². The average Bonchev–Trinajstić information content (AvgIpc) is 1.81. The van der Waals surface area contributed by atoms with Crippen molar-refractivity contribution in [2.75, 3.05) is 0 Å². The monoisotopic (exact) mass is 214 g/mol. The Balaban J connectivity index is 0. The highest BCUT2D eigenvalue weighted by Gasteiger charge is 2.32. The topological polar surface area (TPSA) is 52.0 Å². The van der Waals surface area contributed by atoms with Crippen molar-refractivity contribution < 1.29 is 0 Å². The highest BCUT2D eigenvalue weighted by Crippen LogP contribution is 2.30. The van der Waals surface area contributed by atoms with Gasteiger partial charge in [-0.1, -0.05) is 6.92 Å². The molecule has 4 heteroatoms. The number of halogens is 2. The first-order chi connectivity index (χ1) is 4.52. The molecular weight excluding hydrogens is 195 g/mol. The molecular formula is C8H20Cl2N2. The summed E-state index contributed by atoms with van der Waals surface area (Å²) in [5, 5.41) is 0. The van der Waals surface area contributed by atoms with Crippen LogP contribution >= 0.6 is 24.8 Å². The number of hydrogen-bond acceptors (Lipinski definition) is 2. The normalized spacial score (nSPS) is 41.0. The summed E-state index contributed by atoms with van der Waals surface area (Å²) in [5.41, 5.74) is 11.9. The summed E-state index contributed by atoms with van der Waals surface area (Å²) in [6.07, 6.45) is 3.26. The zero-order valence-electron chi connectivity index (χ0n) is 7.75. The molecule has 0 aromatic carbocycles. The Kier molecular flexibility index (Phi) is 6.59. The van der Waals surface area contributed by atoms with E-state index in [1.54, 1.807) is 0 Å². The van der Waals surface area contributed by atoms with Gasteiger partial charge in [0.1, 0.15) is 0 Å². The van der Waals surface area contributed by atoms with E-state index in [2.05, 4.69) is 13.8 Å². The van der Waals surface area contributed by atoms with Gasteiger partial charge in [0.15, 0.2) is 0 Å². The van der Waals surface area contributed by atoms with E-state index in [4.69, 9.17) is 11.5 Å². The first-order valence-electron chi connectivity index (χ1n) is 4.07. The lowest BCUT2D eigenvalue weighted by molar-refractivity contribution is 0.206. The van der Waals surface area contributed by atoms with Crippen LogP contribution in [0.3, 0.4) is 0 Å². The van der Waals surface area contributed by atoms with Gasteiger partial charge in [-0.2, -0.15) is 0 Å². The summed E-state index contributed by atoms with van der Waals surface area (Å²) >= 11 is 0. The molecule has 1 saturated carbocycles. The molecule has 0 aliphatic heterocycles. The predicted molar refractivity (Wildman–Crippen MR) is 58.1 cm³/mol. The highest BCUT2D eigenvalue weighted by molar-refractivity contribution is 5.85. The number of nitrogens with two attached hydrogens (primary N) is 2. The van der Waals surface area contributed by atoms with Gasteiger partial charge >= 0.3 is 0 Å². The molecule has 3 atom stereocenters. The number of rotatable bonds is 0. The Labute approximate surface area is 87.3 Å². The van der Waals surface area contributed by atoms with Crippen LogP contribution in [0.15, 0.2) is 0 Å². The van der Waals surface area contributed by atoms with E-state index in [9.17, 15) is 0 Å². The first kappa shape index (κ1) is 15.0. The molecule has 1 aliphatic rings. The van der Waals surface area contributed by atoms with Crippen molar-refractivity contribution in [3.63, 3.8) is 0 Å². The molecule has 4 N–H and O–H groups in total. The van der Waals surface area contributed by atoms with Gasteiger partial charge in [-0.05, 0) is 32.1 Å². The fourth-order valence-corrected chi connectivity index (χ4v) is 1.58. The third kappa shape index (κ3) is 3.48. The Morgan fingerprint density at radius 1 is 1.33 bits per heavy atom. The fourth-order valence-electron chi connectivity index (χ4n) is 1.58. The predicted octanol–water partition coefficient (Wildman–Crippen LogP) is 1.69. The zero-order valence-corrected chi connectivity index (χ0v) is 9.38. The highest BCUT2D eigenvalue weighted by atomic mass is 35.5. The lowest BCUT2D eigenvalue weighted by atomic mass is 9.74. The minimum absolute atomic E-state index is 0. The molecule has 12 heavy (non-hydrogen) atoms. The van der Waals surface area contributed by atoms with Crippen LogP contribution in [0.25, 0.3) is 0 Å². The van der Waals surface area contributed by atoms with E-state index < -0.39 is 0 Å². The molecule has 2 nitrogen and oxygen atoms in total. The van der Waals surface area contributed by atoms with E-state index in [0.29, 0.717) is 12.0 Å². The van der Waals surface area contributed by atoms with Crippen LogP contribution in [0.2, 0.25) is 0 Å². The smallest absolute Gasteiger partial charge is 0.0152 e. The Morgan fingerprint density at radius 2 is 1.83 bits per heavy atom. The van der Waals surface area contributed by atoms with Gasteiger partial charge in [0.05, 0.1) is 0 Å². The third-order valence-corrected chi connectivity index (χ3v) is 2.84. The van der Waals surface area contributed by atoms with Crippen molar-refractivity contribution >= 4 is 24.8 Å². The molecule has 1 fully saturated rings. The van der Waals surface area contributed by atoms with E-state index in [0.717, 1.165) is 19.3 Å². The van der Waals surface area contributed by atoms with Gasteiger partial charge < -0.3 is 11.5 Å². The third-order valence-electron chi connectivity index (χ3n) is 2.84. The Morgan fingerprint density at radius 3 is 2.17 bits per heavy atom. The van der Waals surface area contributed by atoms with Gasteiger partial charge in [-0.25, -0.2) is 0 Å². The SMILES string of the molecule is C[C@H]1C[C@H](N)CCC1(C)N.Cl.Cl. The maximum absolute atomic E-state index is 6.03. The molecule has 0 amide bonds. The van der Waals surface area contributed by atoms with Crippen LogP contribution in [0.4, 0.5) is 0 Å². The summed E-state index contributed by atoms with van der Waals surface area (Å²) in [5.74, 6) is 0.580. The molecule has 0 heterocycles. The van der Waals surface area contributed by atoms with Crippen molar-refractivity contribution in [1.29, 1.82) is 0 Å². The van der Waals surface area contributed by atoms with Gasteiger partial charge in [-0.3, -0.25) is 0 Å². The molecule has 0 radical (unpaired) electrons. The summed E-state index contributed by atoms with van der Waals surface area (Å²) in [6.45, 7) is 4.32. The molecule has 0 aromatic rings. The average molecular weight is 215 g/mol. The van der Waals surface area contributed by atoms with E-state index in [-0.39, 0.29) is 30.4 Å². The van der Waals surface area contributed by atoms with E-state index in [1.165, 1.54) is 0 Å². The summed E-state index contributed by atoms with van der Waals surface area (Å²) < 4.78 is 0. The van der Waals surface area contributed by atoms with Gasteiger partial charge in [0.25, 0.3) is 0 Å².